The van der Waals surface area contributed by atoms with Gasteiger partial charge in [0.2, 0.25) is 0 Å². The first-order valence-corrected chi connectivity index (χ1v) is 13.6. The van der Waals surface area contributed by atoms with Gasteiger partial charge in [0.25, 0.3) is 10.0 Å². The maximum absolute atomic E-state index is 13.3. The van der Waals surface area contributed by atoms with E-state index in [1.165, 1.54) is 23.6 Å². The second kappa shape index (κ2) is 10.1. The van der Waals surface area contributed by atoms with E-state index < -0.39 is 21.8 Å². The Morgan fingerprint density at radius 2 is 1.70 bits per heavy atom. The Morgan fingerprint density at radius 1 is 0.970 bits per heavy atom. The number of hydrogen-bond donors (Lipinski definition) is 1. The lowest BCUT2D eigenvalue weighted by Gasteiger charge is -2.30. The average molecular weight is 500 g/mol. The van der Waals surface area contributed by atoms with E-state index in [1.54, 1.807) is 11.8 Å². The fourth-order valence-corrected chi connectivity index (χ4v) is 6.84. The smallest absolute Gasteiger partial charge is 0.385 e. The number of likely N-dealkylation sites (tertiary alicyclic amines) is 1. The molecule has 2 aliphatic heterocycles. The number of piperidine rings is 1. The van der Waals surface area contributed by atoms with Crippen LogP contribution in [0.25, 0.3) is 0 Å². The SMILES string of the molecule is O=S(=O)(c1ccc(C(F)(F)F)cc1)N1CCSc2ccc(NCCCN3CCCCC3)cc21. The Morgan fingerprint density at radius 3 is 2.39 bits per heavy atom. The summed E-state index contributed by atoms with van der Waals surface area (Å²) in [4.78, 5) is 3.18. The summed E-state index contributed by atoms with van der Waals surface area (Å²) in [6.07, 6.45) is 0.330. The molecular formula is C23H28F3N3O2S2. The van der Waals surface area contributed by atoms with E-state index in [9.17, 15) is 21.6 Å². The molecule has 2 aromatic carbocycles. The molecule has 0 radical (unpaired) electrons. The molecule has 0 aliphatic carbocycles. The van der Waals surface area contributed by atoms with E-state index >= 15 is 0 Å². The van der Waals surface area contributed by atoms with Gasteiger partial charge in [0.15, 0.2) is 0 Å². The van der Waals surface area contributed by atoms with Gasteiger partial charge in [-0.1, -0.05) is 6.42 Å². The van der Waals surface area contributed by atoms with Crippen LogP contribution in [0, 0.1) is 0 Å². The van der Waals surface area contributed by atoms with Gasteiger partial charge >= 0.3 is 6.18 Å². The number of rotatable bonds is 7. The summed E-state index contributed by atoms with van der Waals surface area (Å²) in [5, 5.41) is 3.39. The summed E-state index contributed by atoms with van der Waals surface area (Å²) in [5.74, 6) is 0.579. The third-order valence-electron chi connectivity index (χ3n) is 5.98. The highest BCUT2D eigenvalue weighted by atomic mass is 32.2. The highest BCUT2D eigenvalue weighted by molar-refractivity contribution is 8.00. The Hall–Kier alpha value is -1.91. The zero-order chi connectivity index (χ0) is 23.5. The first-order chi connectivity index (χ1) is 15.7. The largest absolute Gasteiger partial charge is 0.416 e. The van der Waals surface area contributed by atoms with E-state index in [-0.39, 0.29) is 11.4 Å². The van der Waals surface area contributed by atoms with Crippen LogP contribution >= 0.6 is 11.8 Å². The van der Waals surface area contributed by atoms with Crippen molar-refractivity contribution in [1.29, 1.82) is 0 Å². The van der Waals surface area contributed by atoms with Crippen molar-refractivity contribution in [1.82, 2.24) is 4.90 Å². The molecule has 180 valence electrons. The third-order valence-corrected chi connectivity index (χ3v) is 8.85. The summed E-state index contributed by atoms with van der Waals surface area (Å²) in [7, 11) is -3.98. The van der Waals surface area contributed by atoms with Crippen molar-refractivity contribution in [3.63, 3.8) is 0 Å². The van der Waals surface area contributed by atoms with Crippen LogP contribution in [-0.2, 0) is 16.2 Å². The molecule has 0 saturated carbocycles. The number of nitrogens with one attached hydrogen (secondary N) is 1. The molecule has 10 heteroatoms. The number of anilines is 2. The zero-order valence-corrected chi connectivity index (χ0v) is 19.9. The van der Waals surface area contributed by atoms with Crippen molar-refractivity contribution < 1.29 is 21.6 Å². The molecule has 1 saturated heterocycles. The second-order valence-electron chi connectivity index (χ2n) is 8.31. The molecular weight excluding hydrogens is 471 g/mol. The van der Waals surface area contributed by atoms with Crippen LogP contribution in [0.3, 0.4) is 0 Å². The molecule has 2 aliphatic rings. The van der Waals surface area contributed by atoms with Crippen LogP contribution in [0.5, 0.6) is 0 Å². The molecule has 0 spiro atoms. The molecule has 0 bridgehead atoms. The molecule has 0 aromatic heterocycles. The van der Waals surface area contributed by atoms with Crippen molar-refractivity contribution in [2.75, 3.05) is 48.1 Å². The molecule has 0 unspecified atom stereocenters. The highest BCUT2D eigenvalue weighted by Crippen LogP contribution is 2.40. The maximum atomic E-state index is 13.3. The molecule has 33 heavy (non-hydrogen) atoms. The van der Waals surface area contributed by atoms with Gasteiger partial charge in [0.1, 0.15) is 0 Å². The van der Waals surface area contributed by atoms with Crippen molar-refractivity contribution in [2.24, 2.45) is 0 Å². The first kappa shape index (κ1) is 24.2. The van der Waals surface area contributed by atoms with Gasteiger partial charge in [-0.15, -0.1) is 11.8 Å². The molecule has 4 rings (SSSR count). The van der Waals surface area contributed by atoms with Gasteiger partial charge in [-0.05, 0) is 81.4 Å². The third kappa shape index (κ3) is 5.78. The Kier molecular flexibility index (Phi) is 7.45. The van der Waals surface area contributed by atoms with Crippen LogP contribution < -0.4 is 9.62 Å². The van der Waals surface area contributed by atoms with E-state index in [2.05, 4.69) is 10.2 Å². The average Bonchev–Trinajstić information content (AvgIpc) is 2.81. The first-order valence-electron chi connectivity index (χ1n) is 11.2. The van der Waals surface area contributed by atoms with E-state index in [0.29, 0.717) is 11.4 Å². The molecule has 5 nitrogen and oxygen atoms in total. The molecule has 0 atom stereocenters. The number of sulfonamides is 1. The topological polar surface area (TPSA) is 52.7 Å². The van der Waals surface area contributed by atoms with Gasteiger partial charge in [-0.2, -0.15) is 13.2 Å². The number of halogens is 3. The fourth-order valence-electron chi connectivity index (χ4n) is 4.21. The number of benzene rings is 2. The Balaban J connectivity index is 1.46. The van der Waals surface area contributed by atoms with Crippen LogP contribution in [0.15, 0.2) is 52.3 Å². The van der Waals surface area contributed by atoms with Gasteiger partial charge in [0.05, 0.1) is 16.1 Å². The van der Waals surface area contributed by atoms with Crippen molar-refractivity contribution >= 4 is 33.2 Å². The number of fused-ring (bicyclic) bond motifs is 1. The second-order valence-corrected chi connectivity index (χ2v) is 11.3. The Bertz CT molecular complexity index is 1050. The van der Waals surface area contributed by atoms with Crippen molar-refractivity contribution in [3.8, 4) is 0 Å². The quantitative estimate of drug-likeness (QED) is 0.525. The van der Waals surface area contributed by atoms with E-state index in [0.717, 1.165) is 67.4 Å². The van der Waals surface area contributed by atoms with E-state index in [1.807, 2.05) is 18.2 Å². The number of thioether (sulfide) groups is 1. The lowest BCUT2D eigenvalue weighted by atomic mass is 10.1. The van der Waals surface area contributed by atoms with Crippen LogP contribution in [0.1, 0.15) is 31.2 Å². The minimum Gasteiger partial charge on any atom is -0.385 e. The molecule has 2 heterocycles. The molecule has 2 aromatic rings. The summed E-state index contributed by atoms with van der Waals surface area (Å²) >= 11 is 1.58. The highest BCUT2D eigenvalue weighted by Gasteiger charge is 2.33. The van der Waals surface area contributed by atoms with Crippen molar-refractivity contribution in [2.45, 2.75) is 41.7 Å². The standard InChI is InChI=1S/C23H28F3N3O2S2/c24-23(25,26)18-5-8-20(9-6-18)33(30,31)29-15-16-32-22-10-7-19(17-21(22)29)27-11-4-14-28-12-2-1-3-13-28/h5-10,17,27H,1-4,11-16H2. The predicted molar refractivity (Wildman–Crippen MR) is 127 cm³/mol. The summed E-state index contributed by atoms with van der Waals surface area (Å²) in [6.45, 7) is 4.41. The minimum atomic E-state index is -4.51. The normalized spacial score (nSPS) is 17.6. The molecule has 1 N–H and O–H groups in total. The molecule has 0 amide bonds. The number of nitrogens with zero attached hydrogens (tertiary/aromatic N) is 2. The van der Waals surface area contributed by atoms with Crippen LogP contribution in [0.2, 0.25) is 0 Å². The van der Waals surface area contributed by atoms with Gasteiger partial charge in [0, 0.05) is 29.4 Å². The van der Waals surface area contributed by atoms with Crippen LogP contribution in [0.4, 0.5) is 24.5 Å². The predicted octanol–water partition coefficient (Wildman–Crippen LogP) is 5.29. The zero-order valence-electron chi connectivity index (χ0n) is 18.3. The Labute approximate surface area is 197 Å². The number of hydrogen-bond acceptors (Lipinski definition) is 5. The van der Waals surface area contributed by atoms with Gasteiger partial charge in [-0.3, -0.25) is 4.31 Å². The van der Waals surface area contributed by atoms with Gasteiger partial charge < -0.3 is 10.2 Å². The summed E-state index contributed by atoms with van der Waals surface area (Å²) < 4.78 is 66.5. The monoisotopic (exact) mass is 499 g/mol. The summed E-state index contributed by atoms with van der Waals surface area (Å²) in [6, 6.07) is 9.36. The van der Waals surface area contributed by atoms with Gasteiger partial charge in [-0.25, -0.2) is 8.42 Å². The number of alkyl halides is 3. The molecule has 1 fully saturated rings. The van der Waals surface area contributed by atoms with E-state index in [4.69, 9.17) is 0 Å². The summed E-state index contributed by atoms with van der Waals surface area (Å²) in [5.41, 5.74) is 0.529. The minimum absolute atomic E-state index is 0.145. The lowest BCUT2D eigenvalue weighted by Crippen LogP contribution is -2.35. The maximum Gasteiger partial charge on any atom is 0.416 e. The lowest BCUT2D eigenvalue weighted by molar-refractivity contribution is -0.137. The fraction of sp³-hybridized carbons (Fsp3) is 0.478. The van der Waals surface area contributed by atoms with Crippen LogP contribution in [-0.4, -0.2) is 51.8 Å². The van der Waals surface area contributed by atoms with Crippen molar-refractivity contribution in [3.05, 3.63) is 48.0 Å².